The predicted molar refractivity (Wildman–Crippen MR) is 43.6 cm³/mol. The van der Waals surface area contributed by atoms with E-state index in [1.165, 1.54) is 0 Å². The van der Waals surface area contributed by atoms with E-state index >= 15 is 0 Å². The molecule has 0 aromatic heterocycles. The maximum Gasteiger partial charge on any atom is 0.117 e. The Morgan fingerprint density at radius 1 is 1.73 bits per heavy atom. The van der Waals surface area contributed by atoms with Crippen molar-refractivity contribution in [3.05, 3.63) is 11.3 Å². The second kappa shape index (κ2) is 4.75. The molecule has 62 valence electrons. The summed E-state index contributed by atoms with van der Waals surface area (Å²) in [6, 6.07) is 1.90. The Balaban J connectivity index is 4.08. The van der Waals surface area contributed by atoms with E-state index in [1.54, 1.807) is 7.11 Å². The molecule has 0 aromatic carbocycles. The van der Waals surface area contributed by atoms with Gasteiger partial charge in [-0.1, -0.05) is 0 Å². The normalized spacial score (nSPS) is 15.1. The summed E-state index contributed by atoms with van der Waals surface area (Å²) in [6.45, 7) is 3.78. The van der Waals surface area contributed by atoms with E-state index in [0.717, 1.165) is 12.0 Å². The summed E-state index contributed by atoms with van der Waals surface area (Å²) >= 11 is 0. The third-order valence-corrected chi connectivity index (χ3v) is 1.58. The number of ether oxygens (including phenoxy) is 1. The molecule has 0 aliphatic heterocycles. The summed E-state index contributed by atoms with van der Waals surface area (Å²) < 4.78 is 5.02. The molecule has 11 heavy (non-hydrogen) atoms. The van der Waals surface area contributed by atoms with Crippen LogP contribution in [0.4, 0.5) is 0 Å². The van der Waals surface area contributed by atoms with Gasteiger partial charge in [0.05, 0.1) is 6.10 Å². The topological polar surface area (TPSA) is 59.0 Å². The number of nitrogens with zero attached hydrogens (tertiary/aromatic N) is 1. The van der Waals surface area contributed by atoms with E-state index in [-0.39, 0.29) is 6.10 Å². The number of nitriles is 1. The van der Waals surface area contributed by atoms with Crippen molar-refractivity contribution in [3.8, 4) is 6.07 Å². The second-order valence-corrected chi connectivity index (χ2v) is 2.56. The van der Waals surface area contributed by atoms with Crippen molar-refractivity contribution in [1.82, 2.24) is 0 Å². The lowest BCUT2D eigenvalue weighted by Crippen LogP contribution is -2.08. The van der Waals surface area contributed by atoms with Crippen LogP contribution in [0.1, 0.15) is 20.3 Å². The molecule has 3 nitrogen and oxygen atoms in total. The van der Waals surface area contributed by atoms with Crippen molar-refractivity contribution in [2.45, 2.75) is 26.4 Å². The zero-order valence-corrected chi connectivity index (χ0v) is 7.22. The quantitative estimate of drug-likeness (QED) is 0.621. The van der Waals surface area contributed by atoms with Crippen molar-refractivity contribution in [2.24, 2.45) is 5.73 Å². The smallest absolute Gasteiger partial charge is 0.117 e. The van der Waals surface area contributed by atoms with Gasteiger partial charge < -0.3 is 10.5 Å². The van der Waals surface area contributed by atoms with E-state index in [4.69, 9.17) is 15.7 Å². The average molecular weight is 154 g/mol. The zero-order chi connectivity index (χ0) is 8.85. The first-order valence-corrected chi connectivity index (χ1v) is 3.50. The molecule has 0 aliphatic rings. The van der Waals surface area contributed by atoms with Gasteiger partial charge in [-0.3, -0.25) is 0 Å². The van der Waals surface area contributed by atoms with Crippen LogP contribution in [0.25, 0.3) is 0 Å². The van der Waals surface area contributed by atoms with Crippen molar-refractivity contribution < 1.29 is 4.74 Å². The molecule has 0 radical (unpaired) electrons. The van der Waals surface area contributed by atoms with Crippen LogP contribution in [0.3, 0.4) is 0 Å². The van der Waals surface area contributed by atoms with E-state index in [1.807, 2.05) is 19.9 Å². The van der Waals surface area contributed by atoms with Gasteiger partial charge in [-0.2, -0.15) is 5.26 Å². The Kier molecular flexibility index (Phi) is 4.32. The summed E-state index contributed by atoms with van der Waals surface area (Å²) in [5.41, 5.74) is 6.57. The molecule has 0 rings (SSSR count). The molecule has 2 N–H and O–H groups in total. The van der Waals surface area contributed by atoms with Gasteiger partial charge in [0.15, 0.2) is 0 Å². The van der Waals surface area contributed by atoms with Crippen LogP contribution in [-0.2, 0) is 4.74 Å². The molecule has 0 heterocycles. The van der Waals surface area contributed by atoms with Crippen LogP contribution >= 0.6 is 0 Å². The molecule has 0 fully saturated rings. The van der Waals surface area contributed by atoms with E-state index in [9.17, 15) is 0 Å². The largest absolute Gasteiger partial charge is 0.390 e. The number of methoxy groups -OCH3 is 1. The minimum Gasteiger partial charge on any atom is -0.390 e. The highest BCUT2D eigenvalue weighted by atomic mass is 16.5. The summed E-state index contributed by atoms with van der Waals surface area (Å²) in [5.74, 6) is 0. The van der Waals surface area contributed by atoms with E-state index < -0.39 is 0 Å². The average Bonchev–Trinajstić information content (AvgIpc) is 2.02. The van der Waals surface area contributed by atoms with Crippen LogP contribution in [0, 0.1) is 11.3 Å². The highest BCUT2D eigenvalue weighted by molar-refractivity contribution is 5.23. The fourth-order valence-corrected chi connectivity index (χ4v) is 0.720. The second-order valence-electron chi connectivity index (χ2n) is 2.56. The summed E-state index contributed by atoms with van der Waals surface area (Å²) in [5, 5.41) is 8.42. The van der Waals surface area contributed by atoms with Gasteiger partial charge in [0.1, 0.15) is 11.8 Å². The van der Waals surface area contributed by atoms with Crippen LogP contribution in [0.15, 0.2) is 11.3 Å². The Morgan fingerprint density at radius 3 is 2.64 bits per heavy atom. The Bertz CT molecular complexity index is 191. The first-order valence-electron chi connectivity index (χ1n) is 3.50. The van der Waals surface area contributed by atoms with Gasteiger partial charge in [-0.25, -0.2) is 0 Å². The van der Waals surface area contributed by atoms with Crippen molar-refractivity contribution in [3.63, 3.8) is 0 Å². The number of hydrogen-bond donors (Lipinski definition) is 1. The molecule has 0 amide bonds. The molecule has 1 atom stereocenters. The third kappa shape index (κ3) is 3.64. The van der Waals surface area contributed by atoms with Gasteiger partial charge >= 0.3 is 0 Å². The molecule has 0 saturated carbocycles. The summed E-state index contributed by atoms with van der Waals surface area (Å²) in [6.07, 6.45) is 0.845. The number of rotatable bonds is 3. The van der Waals surface area contributed by atoms with Gasteiger partial charge in [-0.15, -0.1) is 0 Å². The maximum atomic E-state index is 8.42. The summed E-state index contributed by atoms with van der Waals surface area (Å²) in [7, 11) is 1.64. The fourth-order valence-electron chi connectivity index (χ4n) is 0.720. The minimum absolute atomic E-state index is 0.127. The molecular formula is C8H14N2O. The van der Waals surface area contributed by atoms with Crippen LogP contribution in [0.5, 0.6) is 0 Å². The predicted octanol–water partition coefficient (Wildman–Crippen LogP) is 1.17. The van der Waals surface area contributed by atoms with E-state index in [0.29, 0.717) is 5.70 Å². The maximum absolute atomic E-state index is 8.42. The van der Waals surface area contributed by atoms with Crippen LogP contribution in [0.2, 0.25) is 0 Å². The molecule has 3 heteroatoms. The Labute approximate surface area is 67.5 Å². The van der Waals surface area contributed by atoms with Gasteiger partial charge in [0.2, 0.25) is 0 Å². The molecule has 0 saturated heterocycles. The summed E-state index contributed by atoms with van der Waals surface area (Å²) in [4.78, 5) is 0. The standard InChI is InChI=1S/C8H14N2O/c1-6(8(10)5-9)4-7(2)11-3/h7H,4,10H2,1-3H3/b8-6-. The first-order chi connectivity index (χ1) is 5.11. The highest BCUT2D eigenvalue weighted by Gasteiger charge is 2.03. The molecule has 0 bridgehead atoms. The lowest BCUT2D eigenvalue weighted by molar-refractivity contribution is 0.118. The van der Waals surface area contributed by atoms with Gasteiger partial charge in [0.25, 0.3) is 0 Å². The molecule has 0 aromatic rings. The lowest BCUT2D eigenvalue weighted by Gasteiger charge is -2.09. The molecule has 0 aliphatic carbocycles. The lowest BCUT2D eigenvalue weighted by atomic mass is 10.1. The zero-order valence-electron chi connectivity index (χ0n) is 7.22. The van der Waals surface area contributed by atoms with Crippen molar-refractivity contribution >= 4 is 0 Å². The van der Waals surface area contributed by atoms with Gasteiger partial charge in [-0.05, 0) is 25.8 Å². The number of hydrogen-bond acceptors (Lipinski definition) is 3. The molecule has 0 spiro atoms. The molecular weight excluding hydrogens is 140 g/mol. The Morgan fingerprint density at radius 2 is 2.27 bits per heavy atom. The molecule has 1 unspecified atom stereocenters. The van der Waals surface area contributed by atoms with Gasteiger partial charge in [0, 0.05) is 7.11 Å². The monoisotopic (exact) mass is 154 g/mol. The van der Waals surface area contributed by atoms with Crippen LogP contribution in [-0.4, -0.2) is 13.2 Å². The third-order valence-electron chi connectivity index (χ3n) is 1.58. The Hall–Kier alpha value is -1.01. The number of nitrogens with two attached hydrogens (primary N) is 1. The van der Waals surface area contributed by atoms with Crippen molar-refractivity contribution in [2.75, 3.05) is 7.11 Å². The first kappa shape index (κ1) is 9.99. The fraction of sp³-hybridized carbons (Fsp3) is 0.625. The van der Waals surface area contributed by atoms with Crippen molar-refractivity contribution in [1.29, 1.82) is 5.26 Å². The highest BCUT2D eigenvalue weighted by Crippen LogP contribution is 2.08. The van der Waals surface area contributed by atoms with E-state index in [2.05, 4.69) is 0 Å². The SMILES string of the molecule is COC(C)C/C(C)=C(\N)C#N. The van der Waals surface area contributed by atoms with Crippen LogP contribution < -0.4 is 5.73 Å². The minimum atomic E-state index is 0.127. The number of allylic oxidation sites excluding steroid dienone is 1.